The number of tetrazole rings is 1. The molecule has 5 rings (SSSR count). The molecule has 5 aromatic rings. The van der Waals surface area contributed by atoms with Crippen LogP contribution in [0, 0.1) is 10.1 Å². The van der Waals surface area contributed by atoms with E-state index in [1.807, 2.05) is 55.5 Å². The number of imidazole rings is 1. The Morgan fingerprint density at radius 1 is 0.983 bits per heavy atom. The van der Waals surface area contributed by atoms with Gasteiger partial charge in [0.15, 0.2) is 18.1 Å². The molecule has 0 radical (unpaired) electrons. The Kier molecular flexibility index (Phi) is 14.7. The molecule has 2 aromatic heterocycles. The number of nitrogens with zero attached hydrogens (tertiary/aromatic N) is 7. The number of aryl methyl sites for hydroxylation is 1. The lowest BCUT2D eigenvalue weighted by molar-refractivity contribution is -0.763. The van der Waals surface area contributed by atoms with Crippen molar-refractivity contribution >= 4 is 18.6 Å². The van der Waals surface area contributed by atoms with E-state index in [2.05, 4.69) is 25.2 Å². The Morgan fingerprint density at radius 3 is 2.28 bits per heavy atom. The Morgan fingerprint density at radius 2 is 1.65 bits per heavy atom. The van der Waals surface area contributed by atoms with Crippen LogP contribution in [0.5, 0.6) is 0 Å². The summed E-state index contributed by atoms with van der Waals surface area (Å²) in [4.78, 5) is 58.2. The summed E-state index contributed by atoms with van der Waals surface area (Å²) in [6.45, 7) is 7.67. The number of carbonyl (C=O) groups excluding carboxylic acids is 3. The summed E-state index contributed by atoms with van der Waals surface area (Å²) in [5.41, 5.74) is 2.77. The molecule has 0 bridgehead atoms. The summed E-state index contributed by atoms with van der Waals surface area (Å²) in [6, 6.07) is 21.7. The number of aliphatic hydroxyl groups is 1. The predicted octanol–water partition coefficient (Wildman–Crippen LogP) is 6.22. The highest BCUT2D eigenvalue weighted by Crippen LogP contribution is 2.32. The molecule has 1 unspecified atom stereocenters. The number of aromatic nitrogens is 6. The van der Waals surface area contributed by atoms with Crippen LogP contribution in [-0.2, 0) is 65.1 Å². The molecule has 0 spiro atoms. The van der Waals surface area contributed by atoms with Gasteiger partial charge in [0, 0.05) is 18.5 Å². The van der Waals surface area contributed by atoms with Crippen LogP contribution in [0.1, 0.15) is 86.0 Å². The van der Waals surface area contributed by atoms with Gasteiger partial charge in [0.1, 0.15) is 36.1 Å². The number of ether oxygens (including phenoxy) is 5. The van der Waals surface area contributed by atoms with E-state index in [1.54, 1.807) is 35.8 Å². The molecule has 3 aromatic carbocycles. The minimum Gasteiger partial charge on any atom is -0.498 e. The highest BCUT2D eigenvalue weighted by atomic mass is 16.9. The fraction of sp³-hybridized carbons (Fsp3) is 0.341. The number of rotatable bonds is 20. The van der Waals surface area contributed by atoms with E-state index in [0.29, 0.717) is 35.4 Å². The molecule has 1 atom stereocenters. The highest BCUT2D eigenvalue weighted by Gasteiger charge is 2.33. The summed E-state index contributed by atoms with van der Waals surface area (Å²) in [5, 5.41) is 33.6. The predicted molar refractivity (Wildman–Crippen MR) is 211 cm³/mol. The lowest BCUT2D eigenvalue weighted by atomic mass is 9.98. The normalized spacial score (nSPS) is 12.2. The van der Waals surface area contributed by atoms with Crippen molar-refractivity contribution in [2.75, 3.05) is 13.7 Å². The van der Waals surface area contributed by atoms with Gasteiger partial charge in [-0.15, -0.1) is 25.1 Å². The fourth-order valence-corrected chi connectivity index (χ4v) is 6.02. The molecular weight excluding hydrogens is 782 g/mol. The fourth-order valence-electron chi connectivity index (χ4n) is 6.02. The zero-order valence-electron chi connectivity index (χ0n) is 33.9. The number of benzene rings is 3. The Hall–Kier alpha value is -7.15. The third-order valence-corrected chi connectivity index (χ3v) is 9.10. The molecular formula is C41H45N7O12. The summed E-state index contributed by atoms with van der Waals surface area (Å²) < 4.78 is 28.0. The zero-order chi connectivity index (χ0) is 43.4. The van der Waals surface area contributed by atoms with Crippen molar-refractivity contribution < 1.29 is 53.1 Å². The first-order valence-electron chi connectivity index (χ1n) is 18.7. The molecule has 0 saturated carbocycles. The standard InChI is InChI=1S/C41H45N7O12/c1-7-12-35-42-37(41(4,5)52)36(39(50)56-24-34(58-25-49)26(2)55-6)46(35)21-28-17-19-29(20-18-28)32-15-10-11-16-33(32)38-43-45-47(44-38)27(3)60-40(51)57-22-30-13-8-9-14-31(30)23-59-48(53)54/h8-11,13-20,25,27,52H,7,12,21-24H2,1-6H3/b34-26-. The van der Waals surface area contributed by atoms with Crippen LogP contribution in [0.2, 0.25) is 0 Å². The largest absolute Gasteiger partial charge is 0.510 e. The van der Waals surface area contributed by atoms with Crippen molar-refractivity contribution in [2.45, 2.75) is 79.0 Å². The van der Waals surface area contributed by atoms with Crippen molar-refractivity contribution in [3.8, 4) is 22.5 Å². The summed E-state index contributed by atoms with van der Waals surface area (Å²) in [7, 11) is 1.39. The van der Waals surface area contributed by atoms with E-state index in [4.69, 9.17) is 23.7 Å². The number of esters is 1. The maximum atomic E-state index is 13.7. The van der Waals surface area contributed by atoms with Crippen molar-refractivity contribution in [3.63, 3.8) is 0 Å². The lowest BCUT2D eigenvalue weighted by Crippen LogP contribution is -2.24. The quantitative estimate of drug-likeness (QED) is 0.0229. The highest BCUT2D eigenvalue weighted by molar-refractivity contribution is 5.89. The second kappa shape index (κ2) is 20.0. The number of hydrogen-bond acceptors (Lipinski definition) is 16. The molecule has 19 heteroatoms. The SMILES string of the molecule is CCCc1nc(C(C)(C)O)c(C(=O)OC/C(OC=O)=C(\C)OC)n1Cc1ccc(-c2ccccc2-c2nnn(C(C)OC(=O)OCc3ccccc3CO[N+](=O)[O-])n2)cc1. The second-order valence-electron chi connectivity index (χ2n) is 13.8. The Balaban J connectivity index is 1.33. The van der Waals surface area contributed by atoms with Crippen LogP contribution in [-0.4, -0.2) is 72.3 Å². The molecule has 0 amide bonds. The average Bonchev–Trinajstić information content (AvgIpc) is 3.87. The molecule has 60 heavy (non-hydrogen) atoms. The van der Waals surface area contributed by atoms with Crippen LogP contribution in [0.15, 0.2) is 84.3 Å². The van der Waals surface area contributed by atoms with Gasteiger partial charge in [-0.25, -0.2) is 14.6 Å². The smallest absolute Gasteiger partial charge is 0.498 e. The third kappa shape index (κ3) is 11.1. The third-order valence-electron chi connectivity index (χ3n) is 9.10. The first-order chi connectivity index (χ1) is 28.7. The van der Waals surface area contributed by atoms with Gasteiger partial charge in [-0.05, 0) is 67.1 Å². The van der Waals surface area contributed by atoms with Gasteiger partial charge in [0.2, 0.25) is 12.1 Å². The summed E-state index contributed by atoms with van der Waals surface area (Å²) >= 11 is 0. The average molecular weight is 828 g/mol. The van der Waals surface area contributed by atoms with Crippen LogP contribution in [0.25, 0.3) is 22.5 Å². The topological polar surface area (TPSA) is 231 Å². The molecule has 0 aliphatic carbocycles. The van der Waals surface area contributed by atoms with Gasteiger partial charge in [-0.2, -0.15) is 0 Å². The van der Waals surface area contributed by atoms with Gasteiger partial charge in [-0.3, -0.25) is 4.79 Å². The zero-order valence-corrected chi connectivity index (χ0v) is 33.9. The second-order valence-corrected chi connectivity index (χ2v) is 13.8. The molecule has 1 N–H and O–H groups in total. The molecule has 2 heterocycles. The van der Waals surface area contributed by atoms with Crippen LogP contribution < -0.4 is 0 Å². The number of allylic oxidation sites excluding steroid dienone is 1. The van der Waals surface area contributed by atoms with E-state index >= 15 is 0 Å². The van der Waals surface area contributed by atoms with Crippen LogP contribution in [0.3, 0.4) is 0 Å². The first kappa shape index (κ1) is 44.0. The molecule has 0 fully saturated rings. The number of carbonyl (C=O) groups is 3. The van der Waals surface area contributed by atoms with E-state index < -0.39 is 35.6 Å². The van der Waals surface area contributed by atoms with E-state index in [0.717, 1.165) is 21.5 Å². The maximum absolute atomic E-state index is 13.7. The first-order valence-corrected chi connectivity index (χ1v) is 18.7. The van der Waals surface area contributed by atoms with Gasteiger partial charge in [0.05, 0.1) is 7.11 Å². The maximum Gasteiger partial charge on any atom is 0.510 e. The Bertz CT molecular complexity index is 2330. The molecule has 0 saturated heterocycles. The van der Waals surface area contributed by atoms with Crippen LogP contribution >= 0.6 is 0 Å². The summed E-state index contributed by atoms with van der Waals surface area (Å²) in [5.74, 6) is 0.338. The minimum atomic E-state index is -1.49. The van der Waals surface area contributed by atoms with E-state index in [9.17, 15) is 29.6 Å². The Labute approximate surface area is 344 Å². The van der Waals surface area contributed by atoms with E-state index in [1.165, 1.54) is 27.9 Å². The monoisotopic (exact) mass is 827 g/mol. The number of methoxy groups -OCH3 is 1. The van der Waals surface area contributed by atoms with Gasteiger partial charge in [-0.1, -0.05) is 79.7 Å². The van der Waals surface area contributed by atoms with Gasteiger partial charge >= 0.3 is 12.1 Å². The molecule has 19 nitrogen and oxygen atoms in total. The number of hydrogen-bond donors (Lipinski definition) is 1. The minimum absolute atomic E-state index is 0.0164. The van der Waals surface area contributed by atoms with Crippen molar-refractivity contribution in [2.24, 2.45) is 0 Å². The lowest BCUT2D eigenvalue weighted by Gasteiger charge is -2.18. The van der Waals surface area contributed by atoms with Crippen molar-refractivity contribution in [1.29, 1.82) is 0 Å². The van der Waals surface area contributed by atoms with Crippen LogP contribution in [0.4, 0.5) is 4.79 Å². The molecule has 316 valence electrons. The van der Waals surface area contributed by atoms with Crippen molar-refractivity contribution in [1.82, 2.24) is 29.8 Å². The van der Waals surface area contributed by atoms with Gasteiger partial charge < -0.3 is 38.2 Å². The van der Waals surface area contributed by atoms with Gasteiger partial charge in [0.25, 0.3) is 11.6 Å². The molecule has 0 aliphatic rings. The van der Waals surface area contributed by atoms with E-state index in [-0.39, 0.29) is 55.0 Å². The molecule has 0 aliphatic heterocycles. The summed E-state index contributed by atoms with van der Waals surface area (Å²) in [6.07, 6.45) is -0.790. The van der Waals surface area contributed by atoms with Crippen molar-refractivity contribution in [3.05, 3.63) is 128 Å².